The minimum absolute atomic E-state index is 0.104. The summed E-state index contributed by atoms with van der Waals surface area (Å²) in [7, 11) is 0. The summed E-state index contributed by atoms with van der Waals surface area (Å²) in [5, 5.41) is 0. The molecule has 0 radical (unpaired) electrons. The minimum Gasteiger partial charge on any atom is -0.378 e. The molecule has 1 aliphatic rings. The van der Waals surface area contributed by atoms with Crippen molar-refractivity contribution in [2.45, 2.75) is 58.2 Å². The molecule has 1 aliphatic heterocycles. The molecule has 1 unspecified atom stereocenters. The van der Waals surface area contributed by atoms with E-state index < -0.39 is 0 Å². The van der Waals surface area contributed by atoms with Gasteiger partial charge < -0.3 is 4.74 Å². The Morgan fingerprint density at radius 2 is 2.29 bits per heavy atom. The Morgan fingerprint density at radius 1 is 1.47 bits per heavy atom. The molecule has 17 heavy (non-hydrogen) atoms. The summed E-state index contributed by atoms with van der Waals surface area (Å²) in [5.41, 5.74) is 0.104. The van der Waals surface area contributed by atoms with Gasteiger partial charge in [-0.15, -0.1) is 0 Å². The van der Waals surface area contributed by atoms with Gasteiger partial charge in [-0.3, -0.25) is 9.13 Å². The third kappa shape index (κ3) is 3.00. The first kappa shape index (κ1) is 12.4. The summed E-state index contributed by atoms with van der Waals surface area (Å²) in [6, 6.07) is 0.238. The summed E-state index contributed by atoms with van der Waals surface area (Å²) in [6.07, 6.45) is 8.65. The van der Waals surface area contributed by atoms with Crippen LogP contribution in [0.4, 0.5) is 0 Å². The van der Waals surface area contributed by atoms with E-state index in [2.05, 4.69) is 0 Å². The number of hydrogen-bond donors (Lipinski definition) is 0. The minimum atomic E-state index is 0.104. The fourth-order valence-electron chi connectivity index (χ4n) is 2.35. The number of rotatable bonds is 5. The zero-order chi connectivity index (χ0) is 12.3. The fourth-order valence-corrected chi connectivity index (χ4v) is 2.35. The first-order valence-electron chi connectivity index (χ1n) is 6.57. The Hall–Kier alpha value is -1.03. The third-order valence-electron chi connectivity index (χ3n) is 3.38. The molecule has 0 N–H and O–H groups in total. The highest BCUT2D eigenvalue weighted by atomic mass is 16.5. The molecule has 0 aliphatic carbocycles. The van der Waals surface area contributed by atoms with E-state index in [0.717, 1.165) is 26.0 Å². The standard InChI is InChI=1S/C13H22N2O2/c1-11(2)15-9-8-14(13(15)16)7-3-5-12-6-4-10-17-12/h8-9,11-12H,3-7,10H2,1-2H3. The topological polar surface area (TPSA) is 36.2 Å². The predicted octanol–water partition coefficient (Wildman–Crippen LogP) is 2.19. The monoisotopic (exact) mass is 238 g/mol. The largest absolute Gasteiger partial charge is 0.378 e. The zero-order valence-corrected chi connectivity index (χ0v) is 10.8. The molecule has 1 fully saturated rings. The molecular weight excluding hydrogens is 216 g/mol. The van der Waals surface area contributed by atoms with Crippen LogP contribution in [0.5, 0.6) is 0 Å². The van der Waals surface area contributed by atoms with Gasteiger partial charge in [0.15, 0.2) is 0 Å². The van der Waals surface area contributed by atoms with E-state index in [0.29, 0.717) is 6.10 Å². The SMILES string of the molecule is CC(C)n1ccn(CCCC2CCCO2)c1=O. The lowest BCUT2D eigenvalue weighted by atomic mass is 10.1. The normalized spacial score (nSPS) is 20.3. The average Bonchev–Trinajstić information content (AvgIpc) is 2.89. The van der Waals surface area contributed by atoms with Gasteiger partial charge in [0.05, 0.1) is 6.10 Å². The maximum Gasteiger partial charge on any atom is 0.328 e. The van der Waals surface area contributed by atoms with E-state index in [1.807, 2.05) is 26.2 Å². The van der Waals surface area contributed by atoms with Crippen LogP contribution in [-0.4, -0.2) is 21.8 Å². The summed E-state index contributed by atoms with van der Waals surface area (Å²) >= 11 is 0. The van der Waals surface area contributed by atoms with Crippen LogP contribution in [0.2, 0.25) is 0 Å². The molecule has 0 amide bonds. The van der Waals surface area contributed by atoms with Gasteiger partial charge in [-0.2, -0.15) is 0 Å². The van der Waals surface area contributed by atoms with Crippen molar-refractivity contribution in [3.8, 4) is 0 Å². The van der Waals surface area contributed by atoms with E-state index in [-0.39, 0.29) is 11.7 Å². The lowest BCUT2D eigenvalue weighted by Crippen LogP contribution is -2.25. The van der Waals surface area contributed by atoms with Crippen molar-refractivity contribution in [2.75, 3.05) is 6.61 Å². The highest BCUT2D eigenvalue weighted by Gasteiger charge is 2.15. The molecule has 1 aromatic heterocycles. The maximum absolute atomic E-state index is 11.9. The van der Waals surface area contributed by atoms with Crippen molar-refractivity contribution in [1.82, 2.24) is 9.13 Å². The molecule has 1 atom stereocenters. The van der Waals surface area contributed by atoms with Crippen LogP contribution in [0.3, 0.4) is 0 Å². The number of hydrogen-bond acceptors (Lipinski definition) is 2. The first-order chi connectivity index (χ1) is 8.18. The highest BCUT2D eigenvalue weighted by Crippen LogP contribution is 2.16. The number of aryl methyl sites for hydroxylation is 1. The molecule has 96 valence electrons. The maximum atomic E-state index is 11.9. The Kier molecular flexibility index (Phi) is 4.05. The Bertz CT molecular complexity index is 400. The zero-order valence-electron chi connectivity index (χ0n) is 10.8. The molecule has 0 bridgehead atoms. The molecule has 4 nitrogen and oxygen atoms in total. The van der Waals surface area contributed by atoms with Gasteiger partial charge in [0, 0.05) is 31.6 Å². The van der Waals surface area contributed by atoms with Crippen LogP contribution in [0.15, 0.2) is 17.2 Å². The molecular formula is C13H22N2O2. The summed E-state index contributed by atoms with van der Waals surface area (Å²) in [6.45, 7) is 5.77. The van der Waals surface area contributed by atoms with Crippen molar-refractivity contribution >= 4 is 0 Å². The van der Waals surface area contributed by atoms with Crippen LogP contribution in [0.1, 0.15) is 45.6 Å². The Morgan fingerprint density at radius 3 is 2.88 bits per heavy atom. The van der Waals surface area contributed by atoms with Gasteiger partial charge in [0.25, 0.3) is 0 Å². The van der Waals surface area contributed by atoms with Gasteiger partial charge in [0.1, 0.15) is 0 Å². The predicted molar refractivity (Wildman–Crippen MR) is 67.3 cm³/mol. The second kappa shape index (κ2) is 5.54. The highest BCUT2D eigenvalue weighted by molar-refractivity contribution is 4.83. The van der Waals surface area contributed by atoms with Crippen molar-refractivity contribution in [3.63, 3.8) is 0 Å². The van der Waals surface area contributed by atoms with Crippen molar-refractivity contribution < 1.29 is 4.74 Å². The lowest BCUT2D eigenvalue weighted by molar-refractivity contribution is 0.101. The number of nitrogens with zero attached hydrogens (tertiary/aromatic N) is 2. The van der Waals surface area contributed by atoms with Crippen LogP contribution >= 0.6 is 0 Å². The summed E-state index contributed by atoms with van der Waals surface area (Å²) < 4.78 is 9.14. The van der Waals surface area contributed by atoms with E-state index in [9.17, 15) is 4.79 Å². The van der Waals surface area contributed by atoms with Crippen LogP contribution in [0, 0.1) is 0 Å². The summed E-state index contributed by atoms with van der Waals surface area (Å²) in [5.74, 6) is 0. The fraction of sp³-hybridized carbons (Fsp3) is 0.769. The number of imidazole rings is 1. The molecule has 0 saturated carbocycles. The molecule has 2 rings (SSSR count). The second-order valence-electron chi connectivity index (χ2n) is 5.05. The van der Waals surface area contributed by atoms with Gasteiger partial charge >= 0.3 is 5.69 Å². The van der Waals surface area contributed by atoms with Gasteiger partial charge in [-0.05, 0) is 39.5 Å². The smallest absolute Gasteiger partial charge is 0.328 e. The summed E-state index contributed by atoms with van der Waals surface area (Å²) in [4.78, 5) is 11.9. The lowest BCUT2D eigenvalue weighted by Gasteiger charge is -2.09. The van der Waals surface area contributed by atoms with Crippen LogP contribution in [0.25, 0.3) is 0 Å². The average molecular weight is 238 g/mol. The van der Waals surface area contributed by atoms with E-state index >= 15 is 0 Å². The van der Waals surface area contributed by atoms with E-state index in [1.165, 1.54) is 12.8 Å². The van der Waals surface area contributed by atoms with Crippen LogP contribution in [-0.2, 0) is 11.3 Å². The first-order valence-corrected chi connectivity index (χ1v) is 6.57. The number of ether oxygens (including phenoxy) is 1. The molecule has 4 heteroatoms. The Balaban J connectivity index is 1.84. The van der Waals surface area contributed by atoms with Crippen molar-refractivity contribution in [1.29, 1.82) is 0 Å². The molecule has 0 aromatic carbocycles. The second-order valence-corrected chi connectivity index (χ2v) is 5.05. The Labute approximate surface area is 102 Å². The van der Waals surface area contributed by atoms with Gasteiger partial charge in [0.2, 0.25) is 0 Å². The molecule has 1 saturated heterocycles. The molecule has 2 heterocycles. The van der Waals surface area contributed by atoms with E-state index in [1.54, 1.807) is 9.13 Å². The van der Waals surface area contributed by atoms with Gasteiger partial charge in [-0.1, -0.05) is 0 Å². The van der Waals surface area contributed by atoms with Gasteiger partial charge in [-0.25, -0.2) is 4.79 Å². The molecule has 0 spiro atoms. The van der Waals surface area contributed by atoms with Crippen molar-refractivity contribution in [2.24, 2.45) is 0 Å². The van der Waals surface area contributed by atoms with Crippen LogP contribution < -0.4 is 5.69 Å². The quantitative estimate of drug-likeness (QED) is 0.788. The third-order valence-corrected chi connectivity index (χ3v) is 3.38. The van der Waals surface area contributed by atoms with Crippen molar-refractivity contribution in [3.05, 3.63) is 22.9 Å². The van der Waals surface area contributed by atoms with E-state index in [4.69, 9.17) is 4.74 Å². The number of aromatic nitrogens is 2. The molecule has 1 aromatic rings.